The van der Waals surface area contributed by atoms with Crippen molar-refractivity contribution in [2.75, 3.05) is 0 Å². The molecule has 0 bridgehead atoms. The number of hydrogen-bond donors (Lipinski definition) is 0. The van der Waals surface area contributed by atoms with Crippen molar-refractivity contribution in [3.8, 4) is 0 Å². The monoisotopic (exact) mass is 633 g/mol. The Kier molecular flexibility index (Phi) is 14.1. The van der Waals surface area contributed by atoms with Crippen molar-refractivity contribution in [3.05, 3.63) is 0 Å². The van der Waals surface area contributed by atoms with Gasteiger partial charge in [0.25, 0.3) is 0 Å². The molecule has 0 nitrogen and oxygen atoms in total. The first-order valence-corrected chi connectivity index (χ1v) is 19.6. The molecule has 0 aliphatic carbocycles. The van der Waals surface area contributed by atoms with Gasteiger partial charge in [0.2, 0.25) is 0 Å². The molecule has 0 aromatic heterocycles. The zero-order valence-electron chi connectivity index (χ0n) is 36.6. The van der Waals surface area contributed by atoms with Crippen LogP contribution >= 0.6 is 0 Å². The molecule has 0 unspecified atom stereocenters. The normalized spacial score (nSPS) is 16.0. The van der Waals surface area contributed by atoms with Gasteiger partial charge in [-0.05, 0) is 66.0 Å². The second-order valence-electron chi connectivity index (χ2n) is 22.3. The Balaban J connectivity index is 6.42. The largest absolute Gasteiger partial charge is 0.0654 e. The number of rotatable bonds is 19. The third-order valence-corrected chi connectivity index (χ3v) is 19.0. The summed E-state index contributed by atoms with van der Waals surface area (Å²) >= 11 is 0. The summed E-state index contributed by atoms with van der Waals surface area (Å²) in [5, 5.41) is 0. The molecular formula is C45H92. The van der Waals surface area contributed by atoms with E-state index in [0.717, 1.165) is 0 Å². The number of unbranched alkanes of at least 4 members (excludes halogenated alkanes) is 8. The molecule has 45 heavy (non-hydrogen) atoms. The van der Waals surface area contributed by atoms with Gasteiger partial charge in [0.1, 0.15) is 0 Å². The van der Waals surface area contributed by atoms with Crippen molar-refractivity contribution in [1.29, 1.82) is 0 Å². The summed E-state index contributed by atoms with van der Waals surface area (Å²) in [6, 6.07) is 0. The van der Waals surface area contributed by atoms with E-state index in [9.17, 15) is 0 Å². The summed E-state index contributed by atoms with van der Waals surface area (Å²) in [6.07, 6.45) is 13.9. The fraction of sp³-hybridized carbons (Fsp3) is 1.00. The molecule has 0 rings (SSSR count). The Morgan fingerprint density at radius 2 is 0.467 bits per heavy atom. The van der Waals surface area contributed by atoms with Crippen LogP contribution in [0.2, 0.25) is 0 Å². The minimum Gasteiger partial charge on any atom is -0.0654 e. The quantitative estimate of drug-likeness (QED) is 0.124. The molecule has 0 radical (unpaired) electrons. The van der Waals surface area contributed by atoms with Gasteiger partial charge in [-0.1, -0.05) is 224 Å². The number of hydrogen-bond acceptors (Lipinski definition) is 0. The van der Waals surface area contributed by atoms with Crippen LogP contribution in [-0.4, -0.2) is 0 Å². The van der Waals surface area contributed by atoms with E-state index in [1.807, 2.05) is 0 Å². The molecule has 0 N–H and O–H groups in total. The lowest BCUT2D eigenvalue weighted by Gasteiger charge is -2.72. The van der Waals surface area contributed by atoms with Gasteiger partial charge >= 0.3 is 0 Å². The van der Waals surface area contributed by atoms with Gasteiger partial charge < -0.3 is 0 Å². The van der Waals surface area contributed by atoms with E-state index in [1.54, 1.807) is 0 Å². The van der Waals surface area contributed by atoms with Gasteiger partial charge in [-0.3, -0.25) is 0 Å². The van der Waals surface area contributed by atoms with E-state index >= 15 is 0 Å². The summed E-state index contributed by atoms with van der Waals surface area (Å²) in [7, 11) is 0. The highest BCUT2D eigenvalue weighted by Gasteiger charge is 2.68. The van der Waals surface area contributed by atoms with E-state index in [1.165, 1.54) is 64.2 Å². The van der Waals surface area contributed by atoms with E-state index in [0.29, 0.717) is 0 Å². The molecule has 0 spiro atoms. The van der Waals surface area contributed by atoms with E-state index in [-0.39, 0.29) is 59.6 Å². The van der Waals surface area contributed by atoms with Gasteiger partial charge in [-0.25, -0.2) is 0 Å². The summed E-state index contributed by atoms with van der Waals surface area (Å²) in [5.41, 5.74) is 1.26. The minimum atomic E-state index is 0.0485. The third-order valence-electron chi connectivity index (χ3n) is 19.0. The minimum absolute atomic E-state index is 0.0485. The average Bonchev–Trinajstić information content (AvgIpc) is 2.85. The third kappa shape index (κ3) is 7.46. The molecule has 0 aromatic rings. The van der Waals surface area contributed by atoms with Gasteiger partial charge in [0.15, 0.2) is 0 Å². The smallest absolute Gasteiger partial charge is 0.0241 e. The lowest BCUT2D eigenvalue weighted by Crippen LogP contribution is -2.66. The highest BCUT2D eigenvalue weighted by molar-refractivity contribution is 5.16. The highest BCUT2D eigenvalue weighted by atomic mass is 14.7. The molecule has 0 atom stereocenters. The second-order valence-corrected chi connectivity index (χ2v) is 22.3. The Bertz CT molecular complexity index is 900. The van der Waals surface area contributed by atoms with Crippen LogP contribution in [0.4, 0.5) is 0 Å². The summed E-state index contributed by atoms with van der Waals surface area (Å²) in [5.74, 6) is 0. The molecule has 0 amide bonds. The predicted octanol–water partition coefficient (Wildman–Crippen LogP) is 16.2. The van der Waals surface area contributed by atoms with Crippen LogP contribution in [0.3, 0.4) is 0 Å². The van der Waals surface area contributed by atoms with Crippen molar-refractivity contribution in [2.24, 2.45) is 59.6 Å². The molecule has 0 aliphatic heterocycles. The van der Waals surface area contributed by atoms with Crippen LogP contribution in [0, 0.1) is 59.6 Å². The lowest BCUT2D eigenvalue weighted by atomic mass is 9.32. The van der Waals surface area contributed by atoms with Crippen molar-refractivity contribution in [2.45, 2.75) is 230 Å². The predicted molar refractivity (Wildman–Crippen MR) is 209 cm³/mol. The van der Waals surface area contributed by atoms with Crippen molar-refractivity contribution >= 4 is 0 Å². The zero-order valence-corrected chi connectivity index (χ0v) is 36.6. The topological polar surface area (TPSA) is 0 Å². The van der Waals surface area contributed by atoms with Crippen LogP contribution in [0.5, 0.6) is 0 Å². The Morgan fingerprint density at radius 3 is 0.733 bits per heavy atom. The Labute approximate surface area is 289 Å². The maximum Gasteiger partial charge on any atom is -0.0241 e. The first kappa shape index (κ1) is 45.0. The van der Waals surface area contributed by atoms with Gasteiger partial charge in [0, 0.05) is 0 Å². The van der Waals surface area contributed by atoms with Crippen LogP contribution in [0.25, 0.3) is 0 Å². The Morgan fingerprint density at radius 1 is 0.244 bits per heavy atom. The molecule has 0 aromatic carbocycles. The van der Waals surface area contributed by atoms with Crippen LogP contribution < -0.4 is 0 Å². The average molecular weight is 633 g/mol. The van der Waals surface area contributed by atoms with E-state index in [4.69, 9.17) is 0 Å². The molecule has 0 saturated carbocycles. The summed E-state index contributed by atoms with van der Waals surface area (Å²) < 4.78 is 0. The standard InChI is InChI=1S/C45H92/c1-25-26-27-28-29-30-31-32-33-34-36(5,6)38(9,10)40(13,14)42(17,18)44(21,22)45(23,24)43(19,20)41(15,16)39(11,12)37(7,8)35(2,3)4/h25-34H2,1-24H3. The van der Waals surface area contributed by atoms with Crippen molar-refractivity contribution in [1.82, 2.24) is 0 Å². The fourth-order valence-electron chi connectivity index (χ4n) is 9.44. The maximum absolute atomic E-state index is 2.62. The van der Waals surface area contributed by atoms with Crippen LogP contribution in [0.1, 0.15) is 230 Å². The zero-order chi connectivity index (χ0) is 36.6. The molecular weight excluding hydrogens is 540 g/mol. The lowest BCUT2D eigenvalue weighted by molar-refractivity contribution is -0.239. The second kappa shape index (κ2) is 14.1. The van der Waals surface area contributed by atoms with Gasteiger partial charge in [-0.15, -0.1) is 0 Å². The summed E-state index contributed by atoms with van der Waals surface area (Å²) in [6.45, 7) is 61.6. The Hall–Kier alpha value is 0. The molecule has 0 saturated heterocycles. The highest BCUT2D eigenvalue weighted by Crippen LogP contribution is 2.74. The van der Waals surface area contributed by atoms with E-state index in [2.05, 4.69) is 166 Å². The van der Waals surface area contributed by atoms with E-state index < -0.39 is 0 Å². The first-order valence-electron chi connectivity index (χ1n) is 19.6. The SMILES string of the molecule is CCCCCCCCCCCC(C)(C)C(C)(C)C(C)(C)C(C)(C)C(C)(C)C(C)(C)C(C)(C)C(C)(C)C(C)(C)C(C)(C)C(C)(C)C. The van der Waals surface area contributed by atoms with Crippen molar-refractivity contribution in [3.63, 3.8) is 0 Å². The van der Waals surface area contributed by atoms with Crippen molar-refractivity contribution < 1.29 is 0 Å². The molecule has 272 valence electrons. The molecule has 0 heterocycles. The van der Waals surface area contributed by atoms with Crippen LogP contribution in [0.15, 0.2) is 0 Å². The molecule has 0 heteroatoms. The van der Waals surface area contributed by atoms with Gasteiger partial charge in [-0.2, -0.15) is 0 Å². The molecule has 0 aliphatic rings. The van der Waals surface area contributed by atoms with Gasteiger partial charge in [0.05, 0.1) is 0 Å². The maximum atomic E-state index is 2.62. The van der Waals surface area contributed by atoms with Crippen LogP contribution in [-0.2, 0) is 0 Å². The fourth-order valence-corrected chi connectivity index (χ4v) is 9.44. The molecule has 0 fully saturated rings. The first-order chi connectivity index (χ1) is 19.6. The summed E-state index contributed by atoms with van der Waals surface area (Å²) in [4.78, 5) is 0.